The standard InChI is InChI=1S/C12H9Cl2IN2O2/c1-16-6-10(15)11(18)17(12(16)19)5-7-8(13)3-2-4-9(7)14/h2-4,6H,5H2,1H3. The third kappa shape index (κ3) is 2.88. The van der Waals surface area contributed by atoms with Gasteiger partial charge in [-0.25, -0.2) is 4.79 Å². The first-order chi connectivity index (χ1) is 8.91. The molecule has 0 aliphatic carbocycles. The topological polar surface area (TPSA) is 44.0 Å². The first kappa shape index (κ1) is 14.6. The maximum atomic E-state index is 12.0. The van der Waals surface area contributed by atoms with Crippen LogP contribution in [0.1, 0.15) is 5.56 Å². The van der Waals surface area contributed by atoms with Crippen LogP contribution in [0.15, 0.2) is 34.0 Å². The summed E-state index contributed by atoms with van der Waals surface area (Å²) in [7, 11) is 1.59. The molecule has 7 heteroatoms. The van der Waals surface area contributed by atoms with E-state index in [-0.39, 0.29) is 12.1 Å². The van der Waals surface area contributed by atoms with Crippen LogP contribution in [0, 0.1) is 3.57 Å². The van der Waals surface area contributed by atoms with Gasteiger partial charge in [-0.05, 0) is 34.7 Å². The van der Waals surface area contributed by atoms with Gasteiger partial charge in [0.25, 0.3) is 5.56 Å². The molecule has 0 saturated carbocycles. The molecule has 0 saturated heterocycles. The van der Waals surface area contributed by atoms with Gasteiger partial charge >= 0.3 is 5.69 Å². The molecule has 19 heavy (non-hydrogen) atoms. The second-order valence-corrected chi connectivity index (χ2v) is 5.94. The lowest BCUT2D eigenvalue weighted by molar-refractivity contribution is 0.634. The molecule has 1 heterocycles. The Kier molecular flexibility index (Phi) is 4.37. The van der Waals surface area contributed by atoms with Crippen molar-refractivity contribution in [2.24, 2.45) is 7.05 Å². The van der Waals surface area contributed by atoms with Gasteiger partial charge in [0.2, 0.25) is 0 Å². The Hall–Kier alpha value is -0.790. The van der Waals surface area contributed by atoms with E-state index >= 15 is 0 Å². The lowest BCUT2D eigenvalue weighted by Crippen LogP contribution is -2.40. The van der Waals surface area contributed by atoms with Crippen molar-refractivity contribution in [3.63, 3.8) is 0 Å². The molecule has 0 spiro atoms. The molecule has 0 amide bonds. The third-order valence-electron chi connectivity index (χ3n) is 2.67. The molecular weight excluding hydrogens is 402 g/mol. The minimum atomic E-state index is -0.401. The fourth-order valence-electron chi connectivity index (χ4n) is 1.67. The number of benzene rings is 1. The number of hydrogen-bond donors (Lipinski definition) is 0. The van der Waals surface area contributed by atoms with Crippen LogP contribution in [-0.4, -0.2) is 9.13 Å². The number of aryl methyl sites for hydroxylation is 1. The fourth-order valence-corrected chi connectivity index (χ4v) is 2.89. The van der Waals surface area contributed by atoms with Crippen LogP contribution in [0.3, 0.4) is 0 Å². The van der Waals surface area contributed by atoms with E-state index in [2.05, 4.69) is 0 Å². The number of nitrogens with zero attached hydrogens (tertiary/aromatic N) is 2. The van der Waals surface area contributed by atoms with Crippen LogP contribution >= 0.6 is 45.8 Å². The van der Waals surface area contributed by atoms with Gasteiger partial charge in [0, 0.05) is 28.9 Å². The van der Waals surface area contributed by atoms with Crippen LogP contribution in [0.2, 0.25) is 10.0 Å². The molecule has 0 aliphatic heterocycles. The van der Waals surface area contributed by atoms with Crippen molar-refractivity contribution in [2.75, 3.05) is 0 Å². The summed E-state index contributed by atoms with van der Waals surface area (Å²) in [6, 6.07) is 5.06. The number of rotatable bonds is 2. The van der Waals surface area contributed by atoms with Crippen molar-refractivity contribution >= 4 is 45.8 Å². The predicted molar refractivity (Wildman–Crippen MR) is 84.2 cm³/mol. The lowest BCUT2D eigenvalue weighted by Gasteiger charge is -2.10. The summed E-state index contributed by atoms with van der Waals surface area (Å²) in [6.45, 7) is 0.0564. The fraction of sp³-hybridized carbons (Fsp3) is 0.167. The zero-order chi connectivity index (χ0) is 14.2. The molecule has 4 nitrogen and oxygen atoms in total. The van der Waals surface area contributed by atoms with E-state index in [1.54, 1.807) is 25.2 Å². The molecular formula is C12H9Cl2IN2O2. The molecule has 2 rings (SSSR count). The zero-order valence-corrected chi connectivity index (χ0v) is 13.5. The highest BCUT2D eigenvalue weighted by atomic mass is 127. The van der Waals surface area contributed by atoms with E-state index in [0.29, 0.717) is 19.2 Å². The van der Waals surface area contributed by atoms with Gasteiger partial charge in [-0.15, -0.1) is 0 Å². The van der Waals surface area contributed by atoms with E-state index in [9.17, 15) is 9.59 Å². The van der Waals surface area contributed by atoms with Crippen LogP contribution < -0.4 is 11.2 Å². The molecule has 0 radical (unpaired) electrons. The van der Waals surface area contributed by atoms with Crippen LogP contribution in [0.25, 0.3) is 0 Å². The molecule has 0 unspecified atom stereocenters. The van der Waals surface area contributed by atoms with Gasteiger partial charge < -0.3 is 4.57 Å². The normalized spacial score (nSPS) is 10.7. The molecule has 1 aromatic carbocycles. The van der Waals surface area contributed by atoms with Crippen molar-refractivity contribution in [1.29, 1.82) is 0 Å². The van der Waals surface area contributed by atoms with Crippen LogP contribution in [-0.2, 0) is 13.6 Å². The second kappa shape index (κ2) is 5.68. The Morgan fingerprint density at radius 3 is 2.37 bits per heavy atom. The minimum Gasteiger partial charge on any atom is -0.302 e. The monoisotopic (exact) mass is 410 g/mol. The summed E-state index contributed by atoms with van der Waals surface area (Å²) in [5.74, 6) is 0. The third-order valence-corrected chi connectivity index (χ3v) is 4.12. The highest BCUT2D eigenvalue weighted by Crippen LogP contribution is 2.24. The summed E-state index contributed by atoms with van der Waals surface area (Å²) < 4.78 is 2.94. The smallest absolute Gasteiger partial charge is 0.302 e. The highest BCUT2D eigenvalue weighted by molar-refractivity contribution is 14.1. The van der Waals surface area contributed by atoms with E-state index in [1.165, 1.54) is 10.8 Å². The Balaban J connectivity index is 2.63. The Morgan fingerprint density at radius 2 is 1.79 bits per heavy atom. The molecule has 0 atom stereocenters. The average molecular weight is 411 g/mol. The number of aromatic nitrogens is 2. The Bertz CT molecular complexity index is 698. The van der Waals surface area contributed by atoms with Crippen molar-refractivity contribution in [3.8, 4) is 0 Å². The van der Waals surface area contributed by atoms with Gasteiger partial charge in [0.05, 0.1) is 10.1 Å². The summed E-state index contributed by atoms with van der Waals surface area (Å²) in [5.41, 5.74) is -0.187. The summed E-state index contributed by atoms with van der Waals surface area (Å²) in [5, 5.41) is 0.862. The average Bonchev–Trinajstić information content (AvgIpc) is 2.35. The second-order valence-electron chi connectivity index (χ2n) is 3.96. The largest absolute Gasteiger partial charge is 0.331 e. The Morgan fingerprint density at radius 1 is 1.21 bits per heavy atom. The summed E-state index contributed by atoms with van der Waals surface area (Å²) in [4.78, 5) is 24.0. The van der Waals surface area contributed by atoms with Crippen LogP contribution in [0.4, 0.5) is 0 Å². The quantitative estimate of drug-likeness (QED) is 0.714. The lowest BCUT2D eigenvalue weighted by atomic mass is 10.2. The zero-order valence-electron chi connectivity index (χ0n) is 9.86. The number of hydrogen-bond acceptors (Lipinski definition) is 2. The summed E-state index contributed by atoms with van der Waals surface area (Å²) >= 11 is 14.0. The maximum absolute atomic E-state index is 12.0. The van der Waals surface area contributed by atoms with Crippen molar-refractivity contribution in [3.05, 3.63) is 64.4 Å². The van der Waals surface area contributed by atoms with Crippen molar-refractivity contribution in [2.45, 2.75) is 6.54 Å². The van der Waals surface area contributed by atoms with Crippen LogP contribution in [0.5, 0.6) is 0 Å². The van der Waals surface area contributed by atoms with E-state index in [4.69, 9.17) is 23.2 Å². The van der Waals surface area contributed by atoms with E-state index in [1.807, 2.05) is 22.6 Å². The maximum Gasteiger partial charge on any atom is 0.331 e. The Labute approximate surface area is 132 Å². The van der Waals surface area contributed by atoms with Crippen molar-refractivity contribution < 1.29 is 0 Å². The van der Waals surface area contributed by atoms with E-state index in [0.717, 1.165) is 4.57 Å². The molecule has 0 N–H and O–H groups in total. The minimum absolute atomic E-state index is 0.0564. The SMILES string of the molecule is Cn1cc(I)c(=O)n(Cc2c(Cl)cccc2Cl)c1=O. The molecule has 0 bridgehead atoms. The molecule has 0 fully saturated rings. The number of halogens is 3. The molecule has 1 aromatic heterocycles. The van der Waals surface area contributed by atoms with Gasteiger partial charge in [-0.2, -0.15) is 0 Å². The van der Waals surface area contributed by atoms with Gasteiger partial charge in [0.15, 0.2) is 0 Å². The van der Waals surface area contributed by atoms with Gasteiger partial charge in [-0.1, -0.05) is 29.3 Å². The summed E-state index contributed by atoms with van der Waals surface area (Å²) in [6.07, 6.45) is 1.50. The van der Waals surface area contributed by atoms with Gasteiger partial charge in [-0.3, -0.25) is 9.36 Å². The van der Waals surface area contributed by atoms with E-state index < -0.39 is 5.69 Å². The highest BCUT2D eigenvalue weighted by Gasteiger charge is 2.12. The first-order valence-corrected chi connectivity index (χ1v) is 7.14. The van der Waals surface area contributed by atoms with Gasteiger partial charge in [0.1, 0.15) is 0 Å². The molecule has 100 valence electrons. The molecule has 2 aromatic rings. The predicted octanol–water partition coefficient (Wildman–Crippen LogP) is 2.51. The first-order valence-electron chi connectivity index (χ1n) is 5.30. The molecule has 0 aliphatic rings. The van der Waals surface area contributed by atoms with Crippen molar-refractivity contribution in [1.82, 2.24) is 9.13 Å².